The lowest BCUT2D eigenvalue weighted by Gasteiger charge is -2.28. The molecule has 0 saturated carbocycles. The number of anilines is 1. The van der Waals surface area contributed by atoms with E-state index in [4.69, 9.17) is 26.7 Å². The third-order valence-electron chi connectivity index (χ3n) is 7.18. The van der Waals surface area contributed by atoms with Gasteiger partial charge in [0, 0.05) is 29.3 Å². The first-order chi connectivity index (χ1) is 17.4. The second-order valence-electron chi connectivity index (χ2n) is 9.44. The fraction of sp³-hybridized carbons (Fsp3) is 0.241. The Morgan fingerprint density at radius 2 is 1.69 bits per heavy atom. The Morgan fingerprint density at radius 1 is 0.917 bits per heavy atom. The largest absolute Gasteiger partial charge is 0.454 e. The zero-order valence-electron chi connectivity index (χ0n) is 20.8. The van der Waals surface area contributed by atoms with E-state index in [2.05, 4.69) is 72.8 Å². The molecule has 4 aromatic rings. The molecule has 2 atom stereocenters. The fourth-order valence-electron chi connectivity index (χ4n) is 5.57. The van der Waals surface area contributed by atoms with Crippen LogP contribution >= 0.6 is 12.2 Å². The number of hydrogen-bond acceptors (Lipinski definition) is 4. The maximum Gasteiger partial charge on any atom is 0.231 e. The van der Waals surface area contributed by atoms with Gasteiger partial charge in [-0.3, -0.25) is 4.98 Å². The van der Waals surface area contributed by atoms with Crippen LogP contribution in [0.1, 0.15) is 45.9 Å². The number of thiocarbonyl (C=S) groups is 1. The normalized spacial score (nSPS) is 18.6. The molecule has 2 aliphatic heterocycles. The number of nitrogens with one attached hydrogen (secondary N) is 1. The molecule has 182 valence electrons. The molecule has 0 bridgehead atoms. The molecule has 0 unspecified atom stereocenters. The van der Waals surface area contributed by atoms with Crippen LogP contribution in [-0.4, -0.2) is 21.5 Å². The third-order valence-corrected chi connectivity index (χ3v) is 7.50. The quantitative estimate of drug-likeness (QED) is 0.349. The molecule has 2 aromatic carbocycles. The molecule has 1 saturated heterocycles. The van der Waals surface area contributed by atoms with Crippen LogP contribution in [0, 0.1) is 27.7 Å². The molecule has 6 nitrogen and oxygen atoms in total. The second kappa shape index (κ2) is 8.68. The Labute approximate surface area is 216 Å². The Kier molecular flexibility index (Phi) is 5.45. The summed E-state index contributed by atoms with van der Waals surface area (Å²) in [4.78, 5) is 6.89. The number of benzene rings is 2. The van der Waals surface area contributed by atoms with Crippen LogP contribution in [0.2, 0.25) is 0 Å². The van der Waals surface area contributed by atoms with Crippen molar-refractivity contribution in [3.8, 4) is 17.2 Å². The van der Waals surface area contributed by atoms with Gasteiger partial charge in [0.2, 0.25) is 6.79 Å². The summed E-state index contributed by atoms with van der Waals surface area (Å²) in [6.45, 7) is 8.94. The highest BCUT2D eigenvalue weighted by Crippen LogP contribution is 2.46. The van der Waals surface area contributed by atoms with Crippen molar-refractivity contribution in [1.82, 2.24) is 14.9 Å². The number of rotatable bonds is 4. The summed E-state index contributed by atoms with van der Waals surface area (Å²) in [6.07, 6.45) is 1.83. The van der Waals surface area contributed by atoms with Gasteiger partial charge in [-0.25, -0.2) is 0 Å². The first-order valence-corrected chi connectivity index (χ1v) is 12.5. The smallest absolute Gasteiger partial charge is 0.231 e. The summed E-state index contributed by atoms with van der Waals surface area (Å²) < 4.78 is 13.6. The van der Waals surface area contributed by atoms with Crippen molar-refractivity contribution in [2.75, 3.05) is 11.7 Å². The van der Waals surface area contributed by atoms with E-state index in [1.54, 1.807) is 0 Å². The zero-order valence-corrected chi connectivity index (χ0v) is 21.6. The molecule has 4 heterocycles. The molecule has 36 heavy (non-hydrogen) atoms. The molecule has 0 amide bonds. The van der Waals surface area contributed by atoms with Gasteiger partial charge in [-0.2, -0.15) is 0 Å². The number of ether oxygens (including phenoxy) is 2. The van der Waals surface area contributed by atoms with Crippen molar-refractivity contribution in [3.63, 3.8) is 0 Å². The number of fused-ring (bicyclic) bond motifs is 1. The number of aryl methyl sites for hydroxylation is 3. The van der Waals surface area contributed by atoms with Crippen molar-refractivity contribution in [1.29, 1.82) is 0 Å². The third kappa shape index (κ3) is 3.54. The molecule has 0 spiro atoms. The van der Waals surface area contributed by atoms with Crippen LogP contribution in [0.15, 0.2) is 66.9 Å². The molecule has 6 rings (SSSR count). The van der Waals surface area contributed by atoms with Crippen molar-refractivity contribution in [2.24, 2.45) is 0 Å². The van der Waals surface area contributed by atoms with Crippen molar-refractivity contribution in [3.05, 3.63) is 101 Å². The van der Waals surface area contributed by atoms with Gasteiger partial charge in [0.25, 0.3) is 0 Å². The van der Waals surface area contributed by atoms with Gasteiger partial charge in [-0.1, -0.05) is 24.3 Å². The predicted octanol–water partition coefficient (Wildman–Crippen LogP) is 6.01. The SMILES string of the molecule is Cc1cccc(C)c1-n1c(C)cc([C@@H]2[C@@H](c3ccccn3)NC(=S)N2c2ccc3c(c2)OCO3)c1C. The highest BCUT2D eigenvalue weighted by Gasteiger charge is 2.42. The summed E-state index contributed by atoms with van der Waals surface area (Å²) in [6, 6.07) is 20.5. The van der Waals surface area contributed by atoms with E-state index < -0.39 is 0 Å². The van der Waals surface area contributed by atoms with Crippen LogP contribution in [0.25, 0.3) is 5.69 Å². The number of para-hydroxylation sites is 1. The average molecular weight is 497 g/mol. The number of hydrogen-bond donors (Lipinski definition) is 1. The van der Waals surface area contributed by atoms with Gasteiger partial charge < -0.3 is 24.3 Å². The van der Waals surface area contributed by atoms with Crippen LogP contribution in [0.4, 0.5) is 5.69 Å². The highest BCUT2D eigenvalue weighted by atomic mass is 32.1. The molecular formula is C29H28N4O2S. The molecule has 2 aliphatic rings. The molecule has 7 heteroatoms. The van der Waals surface area contributed by atoms with E-state index in [9.17, 15) is 0 Å². The minimum absolute atomic E-state index is 0.1000. The van der Waals surface area contributed by atoms with E-state index >= 15 is 0 Å². The number of nitrogens with zero attached hydrogens (tertiary/aromatic N) is 3. The summed E-state index contributed by atoms with van der Waals surface area (Å²) in [5.41, 5.74) is 9.21. The van der Waals surface area contributed by atoms with Gasteiger partial charge in [0.15, 0.2) is 16.6 Å². The van der Waals surface area contributed by atoms with E-state index in [1.165, 1.54) is 33.8 Å². The van der Waals surface area contributed by atoms with Gasteiger partial charge in [-0.15, -0.1) is 0 Å². The Balaban J connectivity index is 1.54. The van der Waals surface area contributed by atoms with Crippen molar-refractivity contribution in [2.45, 2.75) is 39.8 Å². The molecule has 0 aliphatic carbocycles. The molecule has 1 N–H and O–H groups in total. The predicted molar refractivity (Wildman–Crippen MR) is 145 cm³/mol. The maximum atomic E-state index is 5.93. The summed E-state index contributed by atoms with van der Waals surface area (Å²) >= 11 is 5.93. The lowest BCUT2D eigenvalue weighted by molar-refractivity contribution is 0.174. The molecule has 1 fully saturated rings. The maximum absolute atomic E-state index is 5.93. The summed E-state index contributed by atoms with van der Waals surface area (Å²) in [7, 11) is 0. The summed E-state index contributed by atoms with van der Waals surface area (Å²) in [5, 5.41) is 4.23. The van der Waals surface area contributed by atoms with E-state index in [0.717, 1.165) is 22.9 Å². The van der Waals surface area contributed by atoms with E-state index in [-0.39, 0.29) is 18.9 Å². The molecule has 2 aromatic heterocycles. The lowest BCUT2D eigenvalue weighted by Crippen LogP contribution is -2.29. The minimum Gasteiger partial charge on any atom is -0.454 e. The van der Waals surface area contributed by atoms with Gasteiger partial charge >= 0.3 is 0 Å². The second-order valence-corrected chi connectivity index (χ2v) is 9.82. The molecule has 0 radical (unpaired) electrons. The number of aromatic nitrogens is 2. The standard InChI is InChI=1S/C29H28N4O2S/c1-17-8-7-9-18(2)27(17)32-19(3)14-22(20(32)4)28-26(23-10-5-6-13-30-23)31-29(36)33(28)21-11-12-24-25(15-21)35-16-34-24/h5-15,26,28H,16H2,1-4H3,(H,31,36)/t26-,28-/m1/s1. The van der Waals surface area contributed by atoms with Crippen LogP contribution in [0.3, 0.4) is 0 Å². The van der Waals surface area contributed by atoms with Crippen molar-refractivity contribution < 1.29 is 9.47 Å². The highest BCUT2D eigenvalue weighted by molar-refractivity contribution is 7.80. The van der Waals surface area contributed by atoms with E-state index in [0.29, 0.717) is 5.11 Å². The monoisotopic (exact) mass is 496 g/mol. The van der Waals surface area contributed by atoms with Gasteiger partial charge in [-0.05, 0) is 86.9 Å². The number of pyridine rings is 1. The van der Waals surface area contributed by atoms with Crippen LogP contribution < -0.4 is 19.7 Å². The Hall–Kier alpha value is -3.84. The minimum atomic E-state index is -0.115. The average Bonchev–Trinajstić information content (AvgIpc) is 3.55. The summed E-state index contributed by atoms with van der Waals surface area (Å²) in [5.74, 6) is 1.49. The first-order valence-electron chi connectivity index (χ1n) is 12.1. The van der Waals surface area contributed by atoms with Crippen LogP contribution in [-0.2, 0) is 0 Å². The van der Waals surface area contributed by atoms with Gasteiger partial charge in [0.05, 0.1) is 23.5 Å². The van der Waals surface area contributed by atoms with Gasteiger partial charge in [0.1, 0.15) is 0 Å². The Morgan fingerprint density at radius 3 is 2.44 bits per heavy atom. The molecular weight excluding hydrogens is 468 g/mol. The Bertz CT molecular complexity index is 1460. The van der Waals surface area contributed by atoms with Crippen LogP contribution in [0.5, 0.6) is 11.5 Å². The topological polar surface area (TPSA) is 51.6 Å². The fourth-order valence-corrected chi connectivity index (χ4v) is 5.92. The zero-order chi connectivity index (χ0) is 25.0. The first kappa shape index (κ1) is 22.6. The van der Waals surface area contributed by atoms with E-state index in [1.807, 2.05) is 36.5 Å². The van der Waals surface area contributed by atoms with Crippen molar-refractivity contribution >= 4 is 23.0 Å². The lowest BCUT2D eigenvalue weighted by atomic mass is 9.96.